The molecule has 0 radical (unpaired) electrons. The first-order valence-electron chi connectivity index (χ1n) is 13.4. The van der Waals surface area contributed by atoms with Crippen LogP contribution in [0.15, 0.2) is 24.3 Å². The Bertz CT molecular complexity index is 892. The number of aliphatic hydroxyl groups excluding tert-OH is 1. The molecule has 3 amide bonds. The summed E-state index contributed by atoms with van der Waals surface area (Å²) in [4.78, 5) is 47.7. The van der Waals surface area contributed by atoms with Gasteiger partial charge in [0.1, 0.15) is 6.04 Å². The molecule has 194 valence electrons. The van der Waals surface area contributed by atoms with Crippen molar-refractivity contribution in [1.82, 2.24) is 14.7 Å². The lowest BCUT2D eigenvalue weighted by atomic mass is 9.74. The molecule has 8 heteroatoms. The molecule has 2 saturated heterocycles. The number of aliphatic hydroxyl groups is 1. The van der Waals surface area contributed by atoms with Crippen LogP contribution in [0.3, 0.4) is 0 Å². The minimum absolute atomic E-state index is 0.000328. The number of thioether (sulfide) groups is 1. The Hall–Kier alpha value is -1.80. The Kier molecular flexibility index (Phi) is 8.01. The number of nitrogens with zero attached hydrogens (tertiary/aromatic N) is 3. The van der Waals surface area contributed by atoms with E-state index in [1.54, 1.807) is 16.7 Å². The summed E-state index contributed by atoms with van der Waals surface area (Å²) in [6.07, 6.45) is 13.5. The van der Waals surface area contributed by atoms with E-state index in [1.807, 2.05) is 9.80 Å². The van der Waals surface area contributed by atoms with E-state index in [4.69, 9.17) is 0 Å². The molecule has 1 spiro atoms. The van der Waals surface area contributed by atoms with Gasteiger partial charge in [-0.3, -0.25) is 14.4 Å². The second kappa shape index (κ2) is 10.7. The maximum absolute atomic E-state index is 14.1. The Morgan fingerprint density at radius 2 is 1.54 bits per heavy atom. The van der Waals surface area contributed by atoms with E-state index in [0.717, 1.165) is 25.7 Å². The molecule has 0 aliphatic carbocycles. The van der Waals surface area contributed by atoms with Gasteiger partial charge in [0, 0.05) is 44.1 Å². The first kappa shape index (κ1) is 26.3. The number of carbonyl (C=O) groups is 3. The fourth-order valence-corrected chi connectivity index (χ4v) is 8.63. The van der Waals surface area contributed by atoms with Crippen molar-refractivity contribution < 1.29 is 19.5 Å². The highest BCUT2D eigenvalue weighted by molar-refractivity contribution is 8.02. The van der Waals surface area contributed by atoms with Crippen molar-refractivity contribution in [3.63, 3.8) is 0 Å². The molecule has 1 unspecified atom stereocenters. The lowest BCUT2D eigenvalue weighted by molar-refractivity contribution is -0.145. The fourth-order valence-electron chi connectivity index (χ4n) is 6.48. The molecule has 0 saturated carbocycles. The monoisotopic (exact) mass is 503 g/mol. The lowest BCUT2D eigenvalue weighted by Crippen LogP contribution is -2.53. The van der Waals surface area contributed by atoms with Gasteiger partial charge in [-0.15, -0.1) is 11.8 Å². The van der Waals surface area contributed by atoms with Gasteiger partial charge in [-0.25, -0.2) is 0 Å². The summed E-state index contributed by atoms with van der Waals surface area (Å²) in [5.74, 6) is -1.12. The van der Waals surface area contributed by atoms with Gasteiger partial charge < -0.3 is 19.8 Å². The summed E-state index contributed by atoms with van der Waals surface area (Å²) in [7, 11) is 0. The molecule has 7 nitrogen and oxygen atoms in total. The van der Waals surface area contributed by atoms with E-state index in [0.29, 0.717) is 45.6 Å². The third-order valence-corrected chi connectivity index (χ3v) is 9.85. The van der Waals surface area contributed by atoms with Crippen LogP contribution in [0.5, 0.6) is 0 Å². The van der Waals surface area contributed by atoms with E-state index in [9.17, 15) is 19.5 Å². The summed E-state index contributed by atoms with van der Waals surface area (Å²) in [6, 6.07) is -0.617. The summed E-state index contributed by atoms with van der Waals surface area (Å²) < 4.78 is -1.31. The minimum Gasteiger partial charge on any atom is -0.396 e. The smallest absolute Gasteiger partial charge is 0.247 e. The van der Waals surface area contributed by atoms with Gasteiger partial charge in [0.2, 0.25) is 17.7 Å². The molecule has 0 aromatic rings. The van der Waals surface area contributed by atoms with Crippen LogP contribution in [-0.4, -0.2) is 92.4 Å². The van der Waals surface area contributed by atoms with Crippen LogP contribution in [0.25, 0.3) is 0 Å². The molecule has 0 aromatic heterocycles. The lowest BCUT2D eigenvalue weighted by Gasteiger charge is -2.37. The largest absolute Gasteiger partial charge is 0.396 e. The Labute approximate surface area is 214 Å². The van der Waals surface area contributed by atoms with Crippen molar-refractivity contribution in [2.75, 3.05) is 39.3 Å². The molecule has 4 rings (SSSR count). The van der Waals surface area contributed by atoms with E-state index in [1.165, 1.54) is 0 Å². The molecule has 4 heterocycles. The second-order valence-electron chi connectivity index (χ2n) is 10.5. The third kappa shape index (κ3) is 4.45. The zero-order chi connectivity index (χ0) is 25.2. The quantitative estimate of drug-likeness (QED) is 0.366. The van der Waals surface area contributed by atoms with E-state index >= 15 is 0 Å². The standard InChI is InChI=1S/C27H41N3O4S/c1-4-6-7-15-29-17-11-13-27-21(24(33)30(18-8-9-19-31)22(27)25(29)34)20-23(32)28(14-5-2)16-10-12-26(20,3)35-27/h10-13,20-22,31H,4-9,14-19H2,1-3H3/t20-,21+,22?,26+,27+/m1/s1. The Morgan fingerprint density at radius 1 is 0.857 bits per heavy atom. The number of hydrogen-bond acceptors (Lipinski definition) is 5. The van der Waals surface area contributed by atoms with Gasteiger partial charge in [-0.05, 0) is 32.6 Å². The number of amides is 3. The molecule has 4 aliphatic rings. The van der Waals surface area contributed by atoms with Crippen LogP contribution < -0.4 is 0 Å². The Balaban J connectivity index is 1.76. The predicted octanol–water partition coefficient (Wildman–Crippen LogP) is 2.84. The fraction of sp³-hybridized carbons (Fsp3) is 0.741. The van der Waals surface area contributed by atoms with Gasteiger partial charge in [0.15, 0.2) is 0 Å². The normalized spacial score (nSPS) is 34.2. The number of fused-ring (bicyclic) bond motifs is 2. The van der Waals surface area contributed by atoms with Crippen LogP contribution in [0, 0.1) is 11.8 Å². The topological polar surface area (TPSA) is 81.2 Å². The Morgan fingerprint density at radius 3 is 2.23 bits per heavy atom. The average molecular weight is 504 g/mol. The van der Waals surface area contributed by atoms with Crippen molar-refractivity contribution in [2.24, 2.45) is 11.8 Å². The molecule has 0 aromatic carbocycles. The van der Waals surface area contributed by atoms with Crippen molar-refractivity contribution in [2.45, 2.75) is 74.8 Å². The second-order valence-corrected chi connectivity index (χ2v) is 12.3. The zero-order valence-electron chi connectivity index (χ0n) is 21.4. The van der Waals surface area contributed by atoms with Crippen LogP contribution in [0.4, 0.5) is 0 Å². The maximum Gasteiger partial charge on any atom is 0.247 e. The highest BCUT2D eigenvalue weighted by Crippen LogP contribution is 2.65. The van der Waals surface area contributed by atoms with Crippen molar-refractivity contribution in [3.05, 3.63) is 24.3 Å². The summed E-state index contributed by atoms with van der Waals surface area (Å²) >= 11 is 1.65. The van der Waals surface area contributed by atoms with Crippen LogP contribution >= 0.6 is 11.8 Å². The zero-order valence-corrected chi connectivity index (χ0v) is 22.3. The van der Waals surface area contributed by atoms with E-state index < -0.39 is 27.4 Å². The summed E-state index contributed by atoms with van der Waals surface area (Å²) in [5.41, 5.74) is 0. The first-order chi connectivity index (χ1) is 16.8. The van der Waals surface area contributed by atoms with Crippen molar-refractivity contribution >= 4 is 29.5 Å². The summed E-state index contributed by atoms with van der Waals surface area (Å²) in [5, 5.41) is 9.34. The minimum atomic E-state index is -0.762. The molecule has 0 bridgehead atoms. The van der Waals surface area contributed by atoms with Crippen molar-refractivity contribution in [3.8, 4) is 0 Å². The maximum atomic E-state index is 14.1. The van der Waals surface area contributed by atoms with Crippen LogP contribution in [0.2, 0.25) is 0 Å². The highest BCUT2D eigenvalue weighted by atomic mass is 32.2. The molecule has 1 N–H and O–H groups in total. The number of hydrogen-bond donors (Lipinski definition) is 1. The number of carbonyl (C=O) groups excluding carboxylic acids is 3. The van der Waals surface area contributed by atoms with Gasteiger partial charge in [-0.2, -0.15) is 0 Å². The van der Waals surface area contributed by atoms with E-state index in [-0.39, 0.29) is 24.3 Å². The van der Waals surface area contributed by atoms with Crippen LogP contribution in [-0.2, 0) is 14.4 Å². The van der Waals surface area contributed by atoms with Gasteiger partial charge in [0.25, 0.3) is 0 Å². The summed E-state index contributed by atoms with van der Waals surface area (Å²) in [6.45, 7) is 9.22. The molecule has 2 fully saturated rings. The average Bonchev–Trinajstić information content (AvgIpc) is 3.09. The number of unbranched alkanes of at least 4 members (excludes halogenated alkanes) is 3. The number of likely N-dealkylation sites (tertiary alicyclic amines) is 1. The molecular weight excluding hydrogens is 462 g/mol. The van der Waals surface area contributed by atoms with Crippen molar-refractivity contribution in [1.29, 1.82) is 0 Å². The SMILES string of the molecule is CCCCCN1CC=C[C@]23S[C@@]4(C)C=CCN(CCC)C(=O)[C@H]4[C@H]2C(=O)N(CCCCO)C3C1=O. The van der Waals surface area contributed by atoms with Gasteiger partial charge >= 0.3 is 0 Å². The van der Waals surface area contributed by atoms with E-state index in [2.05, 4.69) is 45.1 Å². The third-order valence-electron chi connectivity index (χ3n) is 8.06. The van der Waals surface area contributed by atoms with Crippen LogP contribution in [0.1, 0.15) is 59.3 Å². The van der Waals surface area contributed by atoms with Gasteiger partial charge in [-0.1, -0.05) is 51.0 Å². The molecule has 5 atom stereocenters. The number of rotatable bonds is 10. The molecular formula is C27H41N3O4S. The van der Waals surface area contributed by atoms with Gasteiger partial charge in [0.05, 0.1) is 16.6 Å². The predicted molar refractivity (Wildman–Crippen MR) is 139 cm³/mol. The molecule has 35 heavy (non-hydrogen) atoms. The highest BCUT2D eigenvalue weighted by Gasteiger charge is 2.73. The molecule has 4 aliphatic heterocycles. The first-order valence-corrected chi connectivity index (χ1v) is 14.2.